The summed E-state index contributed by atoms with van der Waals surface area (Å²) >= 11 is 0. The minimum Gasteiger partial charge on any atom is -0.381 e. The molecule has 0 aliphatic heterocycles. The smallest absolute Gasteiger partial charge is 0.0656 e. The van der Waals surface area contributed by atoms with Crippen LogP contribution in [0.1, 0.15) is 25.7 Å². The van der Waals surface area contributed by atoms with Gasteiger partial charge in [0.05, 0.1) is 12.1 Å². The summed E-state index contributed by atoms with van der Waals surface area (Å²) in [7, 11) is 1.68. The average Bonchev–Trinajstić information content (AvgIpc) is 2.06. The predicted octanol–water partition coefficient (Wildman–Crippen LogP) is 2.25. The molecular formula is C7H13N3O. The Morgan fingerprint density at radius 1 is 1.45 bits per heavy atom. The number of azide groups is 1. The van der Waals surface area contributed by atoms with Gasteiger partial charge in [0.25, 0.3) is 0 Å². The molecule has 62 valence electrons. The van der Waals surface area contributed by atoms with Gasteiger partial charge in [0.15, 0.2) is 0 Å². The van der Waals surface area contributed by atoms with E-state index in [2.05, 4.69) is 10.0 Å². The van der Waals surface area contributed by atoms with Crippen LogP contribution in [-0.2, 0) is 4.74 Å². The molecule has 0 heterocycles. The number of hydrogen-bond donors (Lipinski definition) is 0. The van der Waals surface area contributed by atoms with Crippen molar-refractivity contribution in [3.05, 3.63) is 10.4 Å². The zero-order valence-corrected chi connectivity index (χ0v) is 6.73. The van der Waals surface area contributed by atoms with Crippen molar-refractivity contribution in [3.63, 3.8) is 0 Å². The van der Waals surface area contributed by atoms with Crippen LogP contribution in [0.4, 0.5) is 0 Å². The molecule has 4 nitrogen and oxygen atoms in total. The van der Waals surface area contributed by atoms with Gasteiger partial charge in [-0.3, -0.25) is 0 Å². The average molecular weight is 155 g/mol. The second-order valence-corrected chi connectivity index (χ2v) is 2.83. The van der Waals surface area contributed by atoms with Crippen LogP contribution in [0.3, 0.4) is 0 Å². The Labute approximate surface area is 66.2 Å². The molecule has 0 aromatic rings. The lowest BCUT2D eigenvalue weighted by Gasteiger charge is -2.26. The summed E-state index contributed by atoms with van der Waals surface area (Å²) < 4.78 is 5.19. The lowest BCUT2D eigenvalue weighted by molar-refractivity contribution is 0.0547. The fourth-order valence-electron chi connectivity index (χ4n) is 1.55. The Balaban J connectivity index is 2.50. The van der Waals surface area contributed by atoms with Gasteiger partial charge in [-0.25, -0.2) is 0 Å². The molecule has 1 aliphatic rings. The Morgan fingerprint density at radius 2 is 2.18 bits per heavy atom. The minimum atomic E-state index is 0.0683. The van der Waals surface area contributed by atoms with Gasteiger partial charge in [-0.15, -0.1) is 0 Å². The van der Waals surface area contributed by atoms with Crippen molar-refractivity contribution < 1.29 is 4.74 Å². The zero-order valence-electron chi connectivity index (χ0n) is 6.73. The van der Waals surface area contributed by atoms with E-state index in [4.69, 9.17) is 10.3 Å². The molecule has 0 unspecified atom stereocenters. The van der Waals surface area contributed by atoms with Gasteiger partial charge in [-0.05, 0) is 18.4 Å². The van der Waals surface area contributed by atoms with Gasteiger partial charge in [0.2, 0.25) is 0 Å². The van der Waals surface area contributed by atoms with Crippen molar-refractivity contribution in [2.45, 2.75) is 37.8 Å². The number of methoxy groups -OCH3 is 1. The van der Waals surface area contributed by atoms with Crippen molar-refractivity contribution >= 4 is 0 Å². The summed E-state index contributed by atoms with van der Waals surface area (Å²) in [6.07, 6.45) is 4.50. The van der Waals surface area contributed by atoms with E-state index < -0.39 is 0 Å². The first-order valence-corrected chi connectivity index (χ1v) is 3.95. The predicted molar refractivity (Wildman–Crippen MR) is 42.2 cm³/mol. The molecule has 11 heavy (non-hydrogen) atoms. The van der Waals surface area contributed by atoms with Crippen LogP contribution in [0.2, 0.25) is 0 Å². The van der Waals surface area contributed by atoms with Gasteiger partial charge in [-0.2, -0.15) is 0 Å². The standard InChI is InChI=1S/C7H13N3O/c1-11-7-5-3-2-4-6(7)9-10-8/h6-7H,2-5H2,1H3/t6-,7-/m1/s1. The largest absolute Gasteiger partial charge is 0.381 e. The summed E-state index contributed by atoms with van der Waals surface area (Å²) in [5.41, 5.74) is 8.23. The Hall–Kier alpha value is -0.730. The first-order valence-electron chi connectivity index (χ1n) is 3.95. The van der Waals surface area contributed by atoms with Gasteiger partial charge in [0.1, 0.15) is 0 Å². The third kappa shape index (κ3) is 2.10. The second-order valence-electron chi connectivity index (χ2n) is 2.83. The first-order chi connectivity index (χ1) is 5.38. The molecule has 1 aliphatic carbocycles. The third-order valence-corrected chi connectivity index (χ3v) is 2.17. The quantitative estimate of drug-likeness (QED) is 0.342. The fraction of sp³-hybridized carbons (Fsp3) is 1.00. The zero-order chi connectivity index (χ0) is 8.10. The molecule has 0 saturated heterocycles. The van der Waals surface area contributed by atoms with E-state index in [0.29, 0.717) is 0 Å². The molecule has 0 spiro atoms. The normalized spacial score (nSPS) is 31.0. The molecule has 0 aromatic carbocycles. The highest BCUT2D eigenvalue weighted by Gasteiger charge is 2.23. The van der Waals surface area contributed by atoms with Gasteiger partial charge in [-0.1, -0.05) is 18.0 Å². The fourth-order valence-corrected chi connectivity index (χ4v) is 1.55. The minimum absolute atomic E-state index is 0.0683. The molecule has 4 heteroatoms. The first kappa shape index (κ1) is 8.37. The SMILES string of the molecule is CO[C@@H]1CCCC[C@H]1N=[N+]=[N-]. The van der Waals surface area contributed by atoms with Gasteiger partial charge in [0, 0.05) is 12.0 Å². The molecule has 1 rings (SSSR count). The van der Waals surface area contributed by atoms with E-state index >= 15 is 0 Å². The van der Waals surface area contributed by atoms with Crippen molar-refractivity contribution in [2.24, 2.45) is 5.11 Å². The molecule has 0 bridgehead atoms. The summed E-state index contributed by atoms with van der Waals surface area (Å²) in [5, 5.41) is 3.69. The van der Waals surface area contributed by atoms with Crippen LogP contribution in [0, 0.1) is 0 Å². The number of nitrogens with zero attached hydrogens (tertiary/aromatic N) is 3. The highest BCUT2D eigenvalue weighted by Crippen LogP contribution is 2.23. The van der Waals surface area contributed by atoms with Crippen molar-refractivity contribution in [1.82, 2.24) is 0 Å². The number of rotatable bonds is 2. The van der Waals surface area contributed by atoms with E-state index in [1.165, 1.54) is 6.42 Å². The maximum atomic E-state index is 8.23. The Bertz CT molecular complexity index is 165. The Kier molecular flexibility index (Phi) is 3.20. The summed E-state index contributed by atoms with van der Waals surface area (Å²) in [5.74, 6) is 0. The second kappa shape index (κ2) is 4.21. The van der Waals surface area contributed by atoms with E-state index in [-0.39, 0.29) is 12.1 Å². The molecule has 1 saturated carbocycles. The topological polar surface area (TPSA) is 58.0 Å². The van der Waals surface area contributed by atoms with Crippen molar-refractivity contribution in [3.8, 4) is 0 Å². The van der Waals surface area contributed by atoms with E-state index in [1.807, 2.05) is 0 Å². The summed E-state index contributed by atoms with van der Waals surface area (Å²) in [4.78, 5) is 2.80. The molecular weight excluding hydrogens is 142 g/mol. The molecule has 2 atom stereocenters. The van der Waals surface area contributed by atoms with Crippen LogP contribution in [0.25, 0.3) is 10.4 Å². The number of hydrogen-bond acceptors (Lipinski definition) is 2. The van der Waals surface area contributed by atoms with Crippen LogP contribution in [-0.4, -0.2) is 19.3 Å². The van der Waals surface area contributed by atoms with Crippen molar-refractivity contribution in [2.75, 3.05) is 7.11 Å². The highest BCUT2D eigenvalue weighted by atomic mass is 16.5. The van der Waals surface area contributed by atoms with Gasteiger partial charge >= 0.3 is 0 Å². The summed E-state index contributed by atoms with van der Waals surface area (Å²) in [6, 6.07) is 0.0683. The maximum Gasteiger partial charge on any atom is 0.0656 e. The molecule has 0 aromatic heterocycles. The monoisotopic (exact) mass is 155 g/mol. The molecule has 0 N–H and O–H groups in total. The Morgan fingerprint density at radius 3 is 2.82 bits per heavy atom. The highest BCUT2D eigenvalue weighted by molar-refractivity contribution is 4.81. The van der Waals surface area contributed by atoms with E-state index in [0.717, 1.165) is 19.3 Å². The molecule has 0 amide bonds. The van der Waals surface area contributed by atoms with E-state index in [1.54, 1.807) is 7.11 Å². The molecule has 1 fully saturated rings. The van der Waals surface area contributed by atoms with Crippen LogP contribution < -0.4 is 0 Å². The lowest BCUT2D eigenvalue weighted by Crippen LogP contribution is -2.29. The third-order valence-electron chi connectivity index (χ3n) is 2.17. The van der Waals surface area contributed by atoms with Gasteiger partial charge < -0.3 is 4.74 Å². The van der Waals surface area contributed by atoms with Crippen LogP contribution in [0.15, 0.2) is 5.11 Å². The van der Waals surface area contributed by atoms with E-state index in [9.17, 15) is 0 Å². The maximum absolute atomic E-state index is 8.23. The number of ether oxygens (including phenoxy) is 1. The van der Waals surface area contributed by atoms with Crippen molar-refractivity contribution in [1.29, 1.82) is 0 Å². The summed E-state index contributed by atoms with van der Waals surface area (Å²) in [6.45, 7) is 0. The van der Waals surface area contributed by atoms with Crippen LogP contribution >= 0.6 is 0 Å². The lowest BCUT2D eigenvalue weighted by atomic mass is 9.93. The molecule has 0 radical (unpaired) electrons. The van der Waals surface area contributed by atoms with Crippen LogP contribution in [0.5, 0.6) is 0 Å².